The van der Waals surface area contributed by atoms with Crippen molar-refractivity contribution in [3.05, 3.63) is 0 Å². The smallest absolute Gasteiger partial charge is 0.306 e. The van der Waals surface area contributed by atoms with Crippen molar-refractivity contribution in [3.63, 3.8) is 0 Å². The van der Waals surface area contributed by atoms with Gasteiger partial charge in [-0.3, -0.25) is 28.8 Å². The Bertz CT molecular complexity index is 1390. The zero-order chi connectivity index (χ0) is 57.7. The number of hydrogen-bond acceptors (Lipinski definition) is 12. The quantitative estimate of drug-likeness (QED) is 0.0323. The summed E-state index contributed by atoms with van der Waals surface area (Å²) in [6, 6.07) is -0.704. The molecular formula is C65H122N2O11. The van der Waals surface area contributed by atoms with Crippen molar-refractivity contribution in [2.24, 2.45) is 0 Å². The van der Waals surface area contributed by atoms with Gasteiger partial charge in [0.25, 0.3) is 0 Å². The Kier molecular flexibility index (Phi) is 52.1. The Hall–Kier alpha value is -3.22. The van der Waals surface area contributed by atoms with E-state index < -0.39 is 6.04 Å². The van der Waals surface area contributed by atoms with E-state index >= 15 is 0 Å². The van der Waals surface area contributed by atoms with Gasteiger partial charge in [0.15, 0.2) is 0 Å². The lowest BCUT2D eigenvalue weighted by Gasteiger charge is -2.31. The maximum Gasteiger partial charge on any atom is 0.306 e. The second kappa shape index (κ2) is 54.4. The molecule has 0 aromatic carbocycles. The topological polar surface area (TPSA) is 155 Å². The van der Waals surface area contributed by atoms with Crippen LogP contribution in [0.3, 0.4) is 0 Å². The largest absolute Gasteiger partial charge is 0.463 e. The van der Waals surface area contributed by atoms with E-state index in [9.17, 15) is 28.8 Å². The van der Waals surface area contributed by atoms with Crippen LogP contribution in [0, 0.1) is 0 Å². The molecular weight excluding hydrogens is 985 g/mol. The minimum absolute atomic E-state index is 0.0294. The fraction of sp³-hybridized carbons (Fsp3) is 0.908. The van der Waals surface area contributed by atoms with Gasteiger partial charge in [-0.1, -0.05) is 183 Å². The first-order chi connectivity index (χ1) is 37.8. The van der Waals surface area contributed by atoms with Crippen molar-refractivity contribution >= 4 is 35.8 Å². The van der Waals surface area contributed by atoms with E-state index in [2.05, 4.69) is 60.5 Å². The maximum absolute atomic E-state index is 14.2. The molecule has 0 bridgehead atoms. The van der Waals surface area contributed by atoms with Crippen LogP contribution in [0.25, 0.3) is 0 Å². The predicted molar refractivity (Wildman–Crippen MR) is 318 cm³/mol. The number of ether oxygens (including phenoxy) is 5. The summed E-state index contributed by atoms with van der Waals surface area (Å²) in [5.74, 6) is -1.54. The molecule has 0 heterocycles. The second-order valence-corrected chi connectivity index (χ2v) is 22.8. The molecule has 3 unspecified atom stereocenters. The Morgan fingerprint density at radius 3 is 0.962 bits per heavy atom. The highest BCUT2D eigenvalue weighted by Crippen LogP contribution is 2.20. The van der Waals surface area contributed by atoms with Crippen LogP contribution in [-0.4, -0.2) is 110 Å². The molecule has 3 atom stereocenters. The second-order valence-electron chi connectivity index (χ2n) is 22.8. The average Bonchev–Trinajstić information content (AvgIpc) is 3.40. The number of amides is 1. The third-order valence-electron chi connectivity index (χ3n) is 14.8. The molecule has 0 aliphatic carbocycles. The van der Waals surface area contributed by atoms with Crippen molar-refractivity contribution in [2.45, 2.75) is 342 Å². The Balaban J connectivity index is 5.54. The molecule has 0 aromatic heterocycles. The van der Waals surface area contributed by atoms with E-state index in [1.54, 1.807) is 4.90 Å². The van der Waals surface area contributed by atoms with E-state index in [4.69, 9.17) is 23.7 Å². The van der Waals surface area contributed by atoms with Gasteiger partial charge in [-0.2, -0.15) is 0 Å². The van der Waals surface area contributed by atoms with E-state index in [-0.39, 0.29) is 93.0 Å². The van der Waals surface area contributed by atoms with Crippen LogP contribution < -0.4 is 0 Å². The van der Waals surface area contributed by atoms with Crippen molar-refractivity contribution in [2.75, 3.05) is 40.4 Å². The first kappa shape index (κ1) is 74.8. The number of nitrogens with zero attached hydrogens (tertiary/aromatic N) is 2. The molecule has 0 rings (SSSR count). The summed E-state index contributed by atoms with van der Waals surface area (Å²) in [6.45, 7) is 14.1. The summed E-state index contributed by atoms with van der Waals surface area (Å²) in [7, 11) is 4.11. The minimum Gasteiger partial charge on any atom is -0.463 e. The minimum atomic E-state index is -0.704. The van der Waals surface area contributed by atoms with Gasteiger partial charge < -0.3 is 33.5 Å². The van der Waals surface area contributed by atoms with Gasteiger partial charge in [0, 0.05) is 38.6 Å². The van der Waals surface area contributed by atoms with E-state index in [1.165, 1.54) is 38.5 Å². The Morgan fingerprint density at radius 2 is 0.615 bits per heavy atom. The van der Waals surface area contributed by atoms with E-state index in [1.807, 2.05) is 0 Å². The number of hydrogen-bond donors (Lipinski definition) is 0. The summed E-state index contributed by atoms with van der Waals surface area (Å²) >= 11 is 0. The monoisotopic (exact) mass is 1110 g/mol. The van der Waals surface area contributed by atoms with Crippen LogP contribution in [0.4, 0.5) is 0 Å². The number of carbonyl (C=O) groups excluding carboxylic acids is 6. The summed E-state index contributed by atoms with van der Waals surface area (Å²) in [6.07, 6.45) is 37.2. The molecule has 0 spiro atoms. The van der Waals surface area contributed by atoms with Crippen LogP contribution in [0.5, 0.6) is 0 Å². The van der Waals surface area contributed by atoms with Crippen molar-refractivity contribution in [1.29, 1.82) is 0 Å². The van der Waals surface area contributed by atoms with Crippen LogP contribution in [0.1, 0.15) is 318 Å². The SMILES string of the molecule is CCCCCCC(CCC)OC(=O)CCCCCCCCC(=O)OCC(COC(=O)CCCCCCCCC(=O)OC(CCC)CCCCCC)N(CCCCCCN(C)C)C(=O)CCC(=O)OC(CCC)CCCCCC. The highest BCUT2D eigenvalue weighted by Gasteiger charge is 2.28. The van der Waals surface area contributed by atoms with Crippen molar-refractivity contribution in [3.8, 4) is 0 Å². The number of carbonyl (C=O) groups is 6. The Labute approximate surface area is 478 Å². The molecule has 0 aliphatic rings. The molecule has 0 aromatic rings. The number of rotatable bonds is 57. The normalized spacial score (nSPS) is 12.9. The third-order valence-corrected chi connectivity index (χ3v) is 14.8. The summed E-state index contributed by atoms with van der Waals surface area (Å²) in [5.41, 5.74) is 0. The maximum atomic E-state index is 14.2. The van der Waals surface area contributed by atoms with Crippen LogP contribution in [-0.2, 0) is 52.5 Å². The summed E-state index contributed by atoms with van der Waals surface area (Å²) in [5, 5.41) is 0. The predicted octanol–water partition coefficient (Wildman–Crippen LogP) is 16.5. The van der Waals surface area contributed by atoms with Crippen molar-refractivity contribution < 1.29 is 52.5 Å². The number of unbranched alkanes of at least 4 members (excludes halogenated alkanes) is 22. The molecule has 0 N–H and O–H groups in total. The molecule has 0 radical (unpaired) electrons. The fourth-order valence-electron chi connectivity index (χ4n) is 10.1. The molecule has 0 aliphatic heterocycles. The third kappa shape index (κ3) is 46.5. The van der Waals surface area contributed by atoms with Crippen LogP contribution in [0.2, 0.25) is 0 Å². The molecule has 13 heteroatoms. The summed E-state index contributed by atoms with van der Waals surface area (Å²) in [4.78, 5) is 82.9. The Morgan fingerprint density at radius 1 is 0.308 bits per heavy atom. The molecule has 0 saturated heterocycles. The van der Waals surface area contributed by atoms with E-state index in [0.717, 1.165) is 193 Å². The fourth-order valence-corrected chi connectivity index (χ4v) is 10.1. The lowest BCUT2D eigenvalue weighted by molar-refractivity contribution is -0.155. The van der Waals surface area contributed by atoms with Crippen molar-refractivity contribution in [1.82, 2.24) is 9.80 Å². The molecule has 0 saturated carbocycles. The first-order valence-electron chi connectivity index (χ1n) is 32.7. The van der Waals surface area contributed by atoms with Crippen LogP contribution >= 0.6 is 0 Å². The highest BCUT2D eigenvalue weighted by molar-refractivity contribution is 5.82. The molecule has 78 heavy (non-hydrogen) atoms. The molecule has 1 amide bonds. The highest BCUT2D eigenvalue weighted by atomic mass is 16.6. The van der Waals surface area contributed by atoms with Crippen LogP contribution in [0.15, 0.2) is 0 Å². The molecule has 0 fully saturated rings. The standard InChI is InChI=1S/C65H122N2O11/c1-9-15-18-31-43-57(40-12-4)76-63(71)48-36-27-23-21-25-34-46-61(69)74-54-56(55-75-62(70)47-35-26-22-24-28-37-49-64(72)77-58(41-13-5)44-32-19-16-10-2)67(53-39-30-29-38-52-66(7)8)60(68)50-51-65(73)78-59(42-14-6)45-33-20-17-11-3/h56-59H,9-55H2,1-8H3. The summed E-state index contributed by atoms with van der Waals surface area (Å²) < 4.78 is 29.3. The number of esters is 5. The average molecular weight is 1110 g/mol. The molecule has 13 nitrogen and oxygen atoms in total. The van der Waals surface area contributed by atoms with E-state index in [0.29, 0.717) is 32.2 Å². The zero-order valence-corrected chi connectivity index (χ0v) is 51.9. The lowest BCUT2D eigenvalue weighted by atomic mass is 10.1. The first-order valence-corrected chi connectivity index (χ1v) is 32.7. The molecule has 458 valence electrons. The van der Waals surface area contributed by atoms with Gasteiger partial charge in [-0.05, 0) is 117 Å². The van der Waals surface area contributed by atoms with Gasteiger partial charge in [0.1, 0.15) is 31.5 Å². The zero-order valence-electron chi connectivity index (χ0n) is 51.9. The van der Waals surface area contributed by atoms with Gasteiger partial charge in [-0.25, -0.2) is 0 Å². The van der Waals surface area contributed by atoms with Gasteiger partial charge in [0.05, 0.1) is 12.5 Å². The van der Waals surface area contributed by atoms with Gasteiger partial charge >= 0.3 is 29.8 Å². The van der Waals surface area contributed by atoms with Gasteiger partial charge in [0.2, 0.25) is 5.91 Å². The van der Waals surface area contributed by atoms with Gasteiger partial charge in [-0.15, -0.1) is 0 Å². The lowest BCUT2D eigenvalue weighted by Crippen LogP contribution is -2.47.